The van der Waals surface area contributed by atoms with Crippen LogP contribution in [0.25, 0.3) is 0 Å². The van der Waals surface area contributed by atoms with Crippen LogP contribution in [0.5, 0.6) is 5.75 Å². The third kappa shape index (κ3) is 4.39. The largest absolute Gasteiger partial charge is 0.490 e. The first-order chi connectivity index (χ1) is 11.4. The minimum Gasteiger partial charge on any atom is -0.490 e. The summed E-state index contributed by atoms with van der Waals surface area (Å²) in [7, 11) is 0. The zero-order valence-corrected chi connectivity index (χ0v) is 13.5. The van der Waals surface area contributed by atoms with Crippen LogP contribution >= 0.6 is 11.6 Å². The molecule has 0 aromatic heterocycles. The van der Waals surface area contributed by atoms with Gasteiger partial charge >= 0.3 is 12.0 Å². The summed E-state index contributed by atoms with van der Waals surface area (Å²) in [5.41, 5.74) is 3.99. The molecule has 7 heteroatoms. The van der Waals surface area contributed by atoms with Crippen LogP contribution in [0.2, 0.25) is 5.02 Å². The number of carbonyl (C=O) groups is 2. The number of nitrogens with two attached hydrogens (primary N) is 1. The fourth-order valence-electron chi connectivity index (χ4n) is 2.25. The molecule has 2 aromatic carbocycles. The van der Waals surface area contributed by atoms with E-state index in [1.807, 2.05) is 6.07 Å². The Kier molecular flexibility index (Phi) is 5.65. The molecule has 0 bridgehead atoms. The zero-order chi connectivity index (χ0) is 17.6. The highest BCUT2D eigenvalue weighted by Gasteiger charge is 2.41. The Morgan fingerprint density at radius 1 is 1.12 bits per heavy atom. The van der Waals surface area contributed by atoms with Crippen molar-refractivity contribution in [1.82, 2.24) is 5.32 Å². The van der Waals surface area contributed by atoms with E-state index in [9.17, 15) is 14.7 Å². The number of ether oxygens (including phenoxy) is 1. The highest BCUT2D eigenvalue weighted by Crippen LogP contribution is 2.23. The summed E-state index contributed by atoms with van der Waals surface area (Å²) < 4.78 is 5.55. The predicted molar refractivity (Wildman–Crippen MR) is 90.2 cm³/mol. The van der Waals surface area contributed by atoms with Gasteiger partial charge in [-0.3, -0.25) is 0 Å². The van der Waals surface area contributed by atoms with Crippen molar-refractivity contribution >= 4 is 23.6 Å². The number of carboxylic acid groups (broad SMARTS) is 1. The van der Waals surface area contributed by atoms with E-state index in [2.05, 4.69) is 5.32 Å². The van der Waals surface area contributed by atoms with E-state index < -0.39 is 17.5 Å². The zero-order valence-electron chi connectivity index (χ0n) is 12.7. The number of aliphatic carboxylic acids is 1. The smallest absolute Gasteiger partial charge is 0.333 e. The van der Waals surface area contributed by atoms with Crippen LogP contribution in [0.1, 0.15) is 5.56 Å². The van der Waals surface area contributed by atoms with Crippen molar-refractivity contribution in [3.05, 3.63) is 65.2 Å². The van der Waals surface area contributed by atoms with Gasteiger partial charge < -0.3 is 20.9 Å². The molecule has 0 saturated carbocycles. The molecule has 4 N–H and O–H groups in total. The number of para-hydroxylation sites is 1. The fraction of sp³-hybridized carbons (Fsp3) is 0.176. The summed E-state index contributed by atoms with van der Waals surface area (Å²) in [6, 6.07) is 14.5. The van der Waals surface area contributed by atoms with Crippen molar-refractivity contribution in [2.45, 2.75) is 12.0 Å². The Bertz CT molecular complexity index is 724. The molecule has 2 rings (SSSR count). The molecule has 24 heavy (non-hydrogen) atoms. The Labute approximate surface area is 144 Å². The van der Waals surface area contributed by atoms with Crippen LogP contribution in [-0.2, 0) is 11.2 Å². The first kappa shape index (κ1) is 17.6. The Hall–Kier alpha value is -2.73. The number of halogens is 1. The van der Waals surface area contributed by atoms with Crippen LogP contribution in [0, 0.1) is 0 Å². The van der Waals surface area contributed by atoms with Gasteiger partial charge in [-0.1, -0.05) is 48.0 Å². The molecule has 0 aliphatic rings. The van der Waals surface area contributed by atoms with Gasteiger partial charge in [0.05, 0.1) is 0 Å². The molecule has 0 aliphatic carbocycles. The molecule has 6 nitrogen and oxygen atoms in total. The molecule has 0 saturated heterocycles. The standard InChI is InChI=1S/C17H17ClN2O4/c18-14-9-5-4-6-12(14)10-17(15(21)22,20-16(19)23)11-24-13-7-2-1-3-8-13/h1-9H,10-11H2,(H,21,22)(H3,19,20,23). The lowest BCUT2D eigenvalue weighted by Crippen LogP contribution is -2.61. The average molecular weight is 349 g/mol. The topological polar surface area (TPSA) is 102 Å². The lowest BCUT2D eigenvalue weighted by molar-refractivity contribution is -0.145. The molecule has 2 aromatic rings. The Morgan fingerprint density at radius 2 is 1.75 bits per heavy atom. The summed E-state index contributed by atoms with van der Waals surface area (Å²) in [6.07, 6.45) is -0.0716. The number of urea groups is 1. The van der Waals surface area contributed by atoms with Gasteiger partial charge in [-0.2, -0.15) is 0 Å². The molecule has 0 spiro atoms. The van der Waals surface area contributed by atoms with Crippen molar-refractivity contribution in [1.29, 1.82) is 0 Å². The number of hydrogen-bond donors (Lipinski definition) is 3. The minimum atomic E-state index is -1.74. The third-order valence-electron chi connectivity index (χ3n) is 3.45. The summed E-state index contributed by atoms with van der Waals surface area (Å²) in [4.78, 5) is 23.3. The number of nitrogens with one attached hydrogen (secondary N) is 1. The van der Waals surface area contributed by atoms with E-state index in [4.69, 9.17) is 22.1 Å². The molecule has 1 atom stereocenters. The summed E-state index contributed by atoms with van der Waals surface area (Å²) in [5, 5.41) is 12.4. The fourth-order valence-corrected chi connectivity index (χ4v) is 2.45. The van der Waals surface area contributed by atoms with Gasteiger partial charge in [0.2, 0.25) is 0 Å². The van der Waals surface area contributed by atoms with Crippen LogP contribution < -0.4 is 15.8 Å². The highest BCUT2D eigenvalue weighted by atomic mass is 35.5. The van der Waals surface area contributed by atoms with Gasteiger partial charge in [0.15, 0.2) is 5.54 Å². The van der Waals surface area contributed by atoms with E-state index in [1.54, 1.807) is 48.5 Å². The SMILES string of the molecule is NC(=O)NC(COc1ccccc1)(Cc1ccccc1Cl)C(=O)O. The normalized spacial score (nSPS) is 12.9. The van der Waals surface area contributed by atoms with Crippen molar-refractivity contribution in [2.75, 3.05) is 6.61 Å². The number of carboxylic acids is 1. The Balaban J connectivity index is 2.30. The van der Waals surface area contributed by atoms with Crippen LogP contribution in [0.3, 0.4) is 0 Å². The number of hydrogen-bond acceptors (Lipinski definition) is 3. The molecule has 2 amide bonds. The van der Waals surface area contributed by atoms with Crippen LogP contribution in [-0.4, -0.2) is 29.3 Å². The maximum absolute atomic E-state index is 11.9. The minimum absolute atomic E-state index is 0.0716. The van der Waals surface area contributed by atoms with Gasteiger partial charge in [0.1, 0.15) is 12.4 Å². The van der Waals surface area contributed by atoms with E-state index in [-0.39, 0.29) is 13.0 Å². The second-order valence-electron chi connectivity index (χ2n) is 5.25. The van der Waals surface area contributed by atoms with Crippen LogP contribution in [0.4, 0.5) is 4.79 Å². The van der Waals surface area contributed by atoms with Crippen molar-refractivity contribution in [3.8, 4) is 5.75 Å². The van der Waals surface area contributed by atoms with Crippen molar-refractivity contribution < 1.29 is 19.4 Å². The maximum atomic E-state index is 11.9. The summed E-state index contributed by atoms with van der Waals surface area (Å²) in [6.45, 7) is -0.305. The van der Waals surface area contributed by atoms with E-state index in [0.29, 0.717) is 16.3 Å². The number of primary amides is 1. The molecule has 0 radical (unpaired) electrons. The lowest BCUT2D eigenvalue weighted by atomic mass is 9.91. The number of carbonyl (C=O) groups excluding carboxylic acids is 1. The molecule has 0 fully saturated rings. The first-order valence-corrected chi connectivity index (χ1v) is 7.53. The summed E-state index contributed by atoms with van der Waals surface area (Å²) in [5.74, 6) is -0.786. The van der Waals surface area contributed by atoms with Gasteiger partial charge in [-0.05, 0) is 23.8 Å². The number of benzene rings is 2. The van der Waals surface area contributed by atoms with Gasteiger partial charge in [-0.15, -0.1) is 0 Å². The van der Waals surface area contributed by atoms with E-state index in [1.165, 1.54) is 0 Å². The van der Waals surface area contributed by atoms with Crippen molar-refractivity contribution in [2.24, 2.45) is 5.73 Å². The monoisotopic (exact) mass is 348 g/mol. The third-order valence-corrected chi connectivity index (χ3v) is 3.82. The molecule has 0 heterocycles. The van der Waals surface area contributed by atoms with E-state index >= 15 is 0 Å². The lowest BCUT2D eigenvalue weighted by Gasteiger charge is -2.30. The van der Waals surface area contributed by atoms with Crippen molar-refractivity contribution in [3.63, 3.8) is 0 Å². The molecule has 126 valence electrons. The van der Waals surface area contributed by atoms with Gasteiger partial charge in [0, 0.05) is 11.4 Å². The number of amides is 2. The average Bonchev–Trinajstić information content (AvgIpc) is 2.55. The van der Waals surface area contributed by atoms with Gasteiger partial charge in [0.25, 0.3) is 0 Å². The Morgan fingerprint density at radius 3 is 2.33 bits per heavy atom. The van der Waals surface area contributed by atoms with Crippen LogP contribution in [0.15, 0.2) is 54.6 Å². The highest BCUT2D eigenvalue weighted by molar-refractivity contribution is 6.31. The van der Waals surface area contributed by atoms with E-state index in [0.717, 1.165) is 0 Å². The quantitative estimate of drug-likeness (QED) is 0.715. The number of rotatable bonds is 7. The molecular weight excluding hydrogens is 332 g/mol. The molecule has 0 aliphatic heterocycles. The second kappa shape index (κ2) is 7.70. The first-order valence-electron chi connectivity index (χ1n) is 7.15. The molecular formula is C17H17ClN2O4. The molecule has 1 unspecified atom stereocenters. The predicted octanol–water partition coefficient (Wildman–Crippen LogP) is 2.45. The second-order valence-corrected chi connectivity index (χ2v) is 5.65. The van der Waals surface area contributed by atoms with Gasteiger partial charge in [-0.25, -0.2) is 9.59 Å². The maximum Gasteiger partial charge on any atom is 0.333 e. The summed E-state index contributed by atoms with van der Waals surface area (Å²) >= 11 is 6.11.